The molecule has 0 radical (unpaired) electrons. The Morgan fingerprint density at radius 3 is 2.22 bits per heavy atom. The molecule has 3 aromatic rings. The molecule has 4 rings (SSSR count). The molecule has 0 saturated heterocycles. The van der Waals surface area contributed by atoms with Gasteiger partial charge in [0.2, 0.25) is 0 Å². The number of aliphatic carboxylic acids is 1. The lowest BCUT2D eigenvalue weighted by atomic mass is 9.93. The standard InChI is InChI=1S/C21H17N3O3/c25-20(17-11-22-19(23-12-17)14-6-2-1-3-7-14)24-13-16-9-5-4-8-15(16)10-18(24)21(26)27/h1-9,11-12,18H,10,13H2,(H,26,27)/t18-/m0/s1. The van der Waals surface area contributed by atoms with Gasteiger partial charge in [0.15, 0.2) is 5.82 Å². The largest absolute Gasteiger partial charge is 0.480 e. The molecule has 27 heavy (non-hydrogen) atoms. The van der Waals surface area contributed by atoms with Gasteiger partial charge in [0.05, 0.1) is 5.56 Å². The van der Waals surface area contributed by atoms with E-state index in [0.29, 0.717) is 12.2 Å². The fraction of sp³-hybridized carbons (Fsp3) is 0.143. The Bertz CT molecular complexity index is 987. The highest BCUT2D eigenvalue weighted by molar-refractivity contribution is 5.96. The number of hydrogen-bond acceptors (Lipinski definition) is 4. The van der Waals surface area contributed by atoms with E-state index in [-0.39, 0.29) is 18.0 Å². The number of hydrogen-bond donors (Lipinski definition) is 1. The maximum Gasteiger partial charge on any atom is 0.326 e. The molecule has 2 aromatic carbocycles. The Morgan fingerprint density at radius 1 is 0.926 bits per heavy atom. The van der Waals surface area contributed by atoms with Crippen LogP contribution in [0.2, 0.25) is 0 Å². The van der Waals surface area contributed by atoms with Gasteiger partial charge in [-0.3, -0.25) is 4.79 Å². The van der Waals surface area contributed by atoms with Crippen LogP contribution in [-0.2, 0) is 17.8 Å². The predicted octanol–water partition coefficient (Wildman–Crippen LogP) is 2.80. The number of nitrogens with zero attached hydrogens (tertiary/aromatic N) is 3. The molecule has 0 unspecified atom stereocenters. The van der Waals surface area contributed by atoms with Gasteiger partial charge >= 0.3 is 5.97 Å². The molecular weight excluding hydrogens is 342 g/mol. The van der Waals surface area contributed by atoms with Gasteiger partial charge in [-0.2, -0.15) is 0 Å². The van der Waals surface area contributed by atoms with Gasteiger partial charge in [-0.15, -0.1) is 0 Å². The molecule has 0 aliphatic carbocycles. The number of amides is 1. The van der Waals surface area contributed by atoms with Crippen molar-refractivity contribution in [1.29, 1.82) is 0 Å². The first-order valence-corrected chi connectivity index (χ1v) is 8.61. The SMILES string of the molecule is O=C(O)[C@@H]1Cc2ccccc2CN1C(=O)c1cnc(-c2ccccc2)nc1. The number of carbonyl (C=O) groups excluding carboxylic acids is 1. The second kappa shape index (κ2) is 6.99. The average Bonchev–Trinajstić information content (AvgIpc) is 2.73. The van der Waals surface area contributed by atoms with E-state index in [1.165, 1.54) is 17.3 Å². The first-order chi connectivity index (χ1) is 13.1. The highest BCUT2D eigenvalue weighted by atomic mass is 16.4. The second-order valence-electron chi connectivity index (χ2n) is 6.42. The van der Waals surface area contributed by atoms with Crippen LogP contribution in [0.25, 0.3) is 11.4 Å². The van der Waals surface area contributed by atoms with Crippen molar-refractivity contribution in [2.45, 2.75) is 19.0 Å². The fourth-order valence-electron chi connectivity index (χ4n) is 3.30. The van der Waals surface area contributed by atoms with Crippen molar-refractivity contribution in [1.82, 2.24) is 14.9 Å². The Morgan fingerprint density at radius 2 is 1.56 bits per heavy atom. The third kappa shape index (κ3) is 3.29. The summed E-state index contributed by atoms with van der Waals surface area (Å²) in [5, 5.41) is 9.60. The Labute approximate surface area is 156 Å². The van der Waals surface area contributed by atoms with E-state index in [9.17, 15) is 14.7 Å². The average molecular weight is 359 g/mol. The van der Waals surface area contributed by atoms with Crippen molar-refractivity contribution in [2.75, 3.05) is 0 Å². The zero-order valence-electron chi connectivity index (χ0n) is 14.4. The molecule has 134 valence electrons. The summed E-state index contributed by atoms with van der Waals surface area (Å²) in [5.41, 5.74) is 3.06. The topological polar surface area (TPSA) is 83.4 Å². The molecule has 0 bridgehead atoms. The number of carboxylic acid groups (broad SMARTS) is 1. The van der Waals surface area contributed by atoms with Gasteiger partial charge < -0.3 is 10.0 Å². The van der Waals surface area contributed by atoms with Crippen molar-refractivity contribution in [3.05, 3.63) is 83.7 Å². The molecule has 1 atom stereocenters. The van der Waals surface area contributed by atoms with Gasteiger partial charge in [-0.1, -0.05) is 54.6 Å². The zero-order valence-corrected chi connectivity index (χ0v) is 14.4. The molecule has 0 spiro atoms. The summed E-state index contributed by atoms with van der Waals surface area (Å²) in [4.78, 5) is 34.6. The monoisotopic (exact) mass is 359 g/mol. The van der Waals surface area contributed by atoms with Crippen LogP contribution < -0.4 is 0 Å². The Kier molecular flexibility index (Phi) is 4.38. The smallest absolute Gasteiger partial charge is 0.326 e. The van der Waals surface area contributed by atoms with Crippen molar-refractivity contribution >= 4 is 11.9 Å². The highest BCUT2D eigenvalue weighted by Crippen LogP contribution is 2.25. The van der Waals surface area contributed by atoms with E-state index in [1.807, 2.05) is 54.6 Å². The summed E-state index contributed by atoms with van der Waals surface area (Å²) >= 11 is 0. The van der Waals surface area contributed by atoms with E-state index in [1.54, 1.807) is 0 Å². The number of carbonyl (C=O) groups is 2. The Balaban J connectivity index is 1.62. The van der Waals surface area contributed by atoms with Crippen molar-refractivity contribution < 1.29 is 14.7 Å². The second-order valence-corrected chi connectivity index (χ2v) is 6.42. The van der Waals surface area contributed by atoms with E-state index >= 15 is 0 Å². The summed E-state index contributed by atoms with van der Waals surface area (Å²) in [7, 11) is 0. The van der Waals surface area contributed by atoms with Gasteiger partial charge in [0, 0.05) is 30.9 Å². The van der Waals surface area contributed by atoms with Crippen LogP contribution in [0.5, 0.6) is 0 Å². The van der Waals surface area contributed by atoms with Gasteiger partial charge in [0.25, 0.3) is 5.91 Å². The minimum absolute atomic E-state index is 0.256. The zero-order chi connectivity index (χ0) is 18.8. The number of benzene rings is 2. The quantitative estimate of drug-likeness (QED) is 0.777. The predicted molar refractivity (Wildman–Crippen MR) is 98.9 cm³/mol. The molecule has 1 aliphatic heterocycles. The Hall–Kier alpha value is -3.54. The van der Waals surface area contributed by atoms with E-state index in [2.05, 4.69) is 9.97 Å². The highest BCUT2D eigenvalue weighted by Gasteiger charge is 2.35. The maximum atomic E-state index is 13.0. The molecule has 0 saturated carbocycles. The fourth-order valence-corrected chi connectivity index (χ4v) is 3.30. The van der Waals surface area contributed by atoms with Crippen molar-refractivity contribution in [3.8, 4) is 11.4 Å². The van der Waals surface area contributed by atoms with Crippen LogP contribution in [0.4, 0.5) is 0 Å². The van der Waals surface area contributed by atoms with Gasteiger partial charge in [-0.05, 0) is 11.1 Å². The molecule has 6 heteroatoms. The summed E-state index contributed by atoms with van der Waals surface area (Å²) in [5.74, 6) is -0.873. The maximum absolute atomic E-state index is 13.0. The van der Waals surface area contributed by atoms with Crippen LogP contribution in [0.3, 0.4) is 0 Å². The normalized spacial score (nSPS) is 15.9. The minimum Gasteiger partial charge on any atom is -0.480 e. The molecule has 2 heterocycles. The third-order valence-corrected chi connectivity index (χ3v) is 4.73. The first-order valence-electron chi connectivity index (χ1n) is 8.61. The third-order valence-electron chi connectivity index (χ3n) is 4.73. The molecule has 1 N–H and O–H groups in total. The molecule has 1 aliphatic rings. The van der Waals surface area contributed by atoms with Crippen LogP contribution in [-0.4, -0.2) is 37.9 Å². The van der Waals surface area contributed by atoms with Gasteiger partial charge in [-0.25, -0.2) is 14.8 Å². The lowest BCUT2D eigenvalue weighted by Crippen LogP contribution is -2.48. The van der Waals surface area contributed by atoms with Crippen LogP contribution in [0, 0.1) is 0 Å². The molecule has 6 nitrogen and oxygen atoms in total. The summed E-state index contributed by atoms with van der Waals surface area (Å²) in [6.07, 6.45) is 3.20. The van der Waals surface area contributed by atoms with Crippen LogP contribution in [0.1, 0.15) is 21.5 Å². The molecule has 1 amide bonds. The number of fused-ring (bicyclic) bond motifs is 1. The van der Waals surface area contributed by atoms with Crippen LogP contribution in [0.15, 0.2) is 67.0 Å². The molecule has 1 aromatic heterocycles. The van der Waals surface area contributed by atoms with Gasteiger partial charge in [0.1, 0.15) is 6.04 Å². The first kappa shape index (κ1) is 16.9. The van der Waals surface area contributed by atoms with Crippen molar-refractivity contribution in [2.24, 2.45) is 0 Å². The summed E-state index contributed by atoms with van der Waals surface area (Å²) in [6.45, 7) is 0.256. The van der Waals surface area contributed by atoms with E-state index < -0.39 is 12.0 Å². The minimum atomic E-state index is -1.01. The lowest BCUT2D eigenvalue weighted by Gasteiger charge is -2.34. The lowest BCUT2D eigenvalue weighted by molar-refractivity contribution is -0.142. The summed E-state index contributed by atoms with van der Waals surface area (Å²) < 4.78 is 0. The van der Waals surface area contributed by atoms with E-state index in [4.69, 9.17) is 0 Å². The number of rotatable bonds is 3. The molecule has 0 fully saturated rings. The molecular formula is C21H17N3O3. The van der Waals surface area contributed by atoms with Crippen LogP contribution >= 0.6 is 0 Å². The number of carboxylic acids is 1. The van der Waals surface area contributed by atoms with E-state index in [0.717, 1.165) is 16.7 Å². The summed E-state index contributed by atoms with van der Waals surface area (Å²) in [6, 6.07) is 16.2. The van der Waals surface area contributed by atoms with Crippen molar-refractivity contribution in [3.63, 3.8) is 0 Å². The number of aromatic nitrogens is 2.